The van der Waals surface area contributed by atoms with Gasteiger partial charge in [-0.15, -0.1) is 0 Å². The minimum absolute atomic E-state index is 0.0170. The zero-order chi connectivity index (χ0) is 22.7. The molecule has 1 unspecified atom stereocenters. The molecule has 0 radical (unpaired) electrons. The van der Waals surface area contributed by atoms with Crippen molar-refractivity contribution in [2.24, 2.45) is 11.5 Å². The Hall–Kier alpha value is -3.27. The lowest BCUT2D eigenvalue weighted by atomic mass is 9.91. The van der Waals surface area contributed by atoms with Crippen LogP contribution in [0.15, 0.2) is 24.4 Å². The third-order valence-electron chi connectivity index (χ3n) is 5.99. The van der Waals surface area contributed by atoms with Crippen molar-refractivity contribution in [3.63, 3.8) is 0 Å². The molecule has 1 saturated carbocycles. The van der Waals surface area contributed by atoms with Crippen molar-refractivity contribution in [1.29, 1.82) is 0 Å². The maximum atomic E-state index is 14.7. The van der Waals surface area contributed by atoms with Crippen LogP contribution in [-0.4, -0.2) is 40.4 Å². The summed E-state index contributed by atoms with van der Waals surface area (Å²) in [7, 11) is 0. The Labute approximate surface area is 185 Å². The SMILES string of the molecule is NC(=O)c1cc(F)c(NC2CCCC[C@@H]2N)nc1Nc1ccc(N2CCCCC2=O)nc1. The molecule has 2 aromatic heterocycles. The highest BCUT2D eigenvalue weighted by Crippen LogP contribution is 2.27. The number of hydrogen-bond acceptors (Lipinski definition) is 7. The van der Waals surface area contributed by atoms with E-state index in [9.17, 15) is 14.0 Å². The standard InChI is InChI=1S/C22H28FN7O2/c23-15-11-14(20(25)32)21(29-22(15)28-17-6-2-1-5-16(17)24)27-13-8-9-18(26-12-13)30-10-4-3-7-19(30)31/h8-9,11-12,16-17H,1-7,10,24H2,(H2,25,32)(H2,27,28,29)/t16-,17?/m0/s1. The van der Waals surface area contributed by atoms with Gasteiger partial charge in [0.05, 0.1) is 17.4 Å². The molecule has 10 heteroatoms. The predicted octanol–water partition coefficient (Wildman–Crippen LogP) is 2.66. The van der Waals surface area contributed by atoms with Crippen molar-refractivity contribution in [2.45, 2.75) is 57.0 Å². The van der Waals surface area contributed by atoms with Crippen molar-refractivity contribution < 1.29 is 14.0 Å². The highest BCUT2D eigenvalue weighted by Gasteiger charge is 2.25. The number of pyridine rings is 2. The van der Waals surface area contributed by atoms with Gasteiger partial charge in [0, 0.05) is 25.0 Å². The number of rotatable bonds is 6. The van der Waals surface area contributed by atoms with Gasteiger partial charge in [-0.05, 0) is 43.9 Å². The average Bonchev–Trinajstić information content (AvgIpc) is 2.78. The lowest BCUT2D eigenvalue weighted by Gasteiger charge is -2.30. The minimum atomic E-state index is -0.802. The molecule has 32 heavy (non-hydrogen) atoms. The van der Waals surface area contributed by atoms with Crippen LogP contribution < -0.4 is 27.0 Å². The summed E-state index contributed by atoms with van der Waals surface area (Å²) in [6.45, 7) is 0.641. The second kappa shape index (κ2) is 9.47. The molecule has 2 atom stereocenters. The molecule has 2 aliphatic rings. The summed E-state index contributed by atoms with van der Waals surface area (Å²) in [6, 6.07) is 4.33. The van der Waals surface area contributed by atoms with Crippen LogP contribution in [0, 0.1) is 5.82 Å². The van der Waals surface area contributed by atoms with Crippen LogP contribution in [0.2, 0.25) is 0 Å². The van der Waals surface area contributed by atoms with Gasteiger partial charge in [-0.2, -0.15) is 0 Å². The maximum Gasteiger partial charge on any atom is 0.252 e. The van der Waals surface area contributed by atoms with Crippen molar-refractivity contribution in [1.82, 2.24) is 9.97 Å². The van der Waals surface area contributed by atoms with Gasteiger partial charge in [0.2, 0.25) is 5.91 Å². The highest BCUT2D eigenvalue weighted by atomic mass is 19.1. The van der Waals surface area contributed by atoms with E-state index in [1.807, 2.05) is 0 Å². The van der Waals surface area contributed by atoms with E-state index in [-0.39, 0.29) is 35.2 Å². The van der Waals surface area contributed by atoms with Gasteiger partial charge in [-0.25, -0.2) is 14.4 Å². The first-order chi connectivity index (χ1) is 15.4. The lowest BCUT2D eigenvalue weighted by Crippen LogP contribution is -2.43. The fraction of sp³-hybridized carbons (Fsp3) is 0.455. The molecule has 1 saturated heterocycles. The van der Waals surface area contributed by atoms with Gasteiger partial charge in [-0.3, -0.25) is 14.5 Å². The van der Waals surface area contributed by atoms with Crippen LogP contribution in [0.3, 0.4) is 0 Å². The van der Waals surface area contributed by atoms with Gasteiger partial charge in [0.25, 0.3) is 5.91 Å². The van der Waals surface area contributed by atoms with Gasteiger partial charge < -0.3 is 22.1 Å². The second-order valence-corrected chi connectivity index (χ2v) is 8.31. The third-order valence-corrected chi connectivity index (χ3v) is 5.99. The summed E-state index contributed by atoms with van der Waals surface area (Å²) in [4.78, 5) is 34.3. The monoisotopic (exact) mass is 441 g/mol. The van der Waals surface area contributed by atoms with Crippen molar-refractivity contribution >= 4 is 35.0 Å². The number of nitrogens with zero attached hydrogens (tertiary/aromatic N) is 3. The third kappa shape index (κ3) is 4.80. The summed E-state index contributed by atoms with van der Waals surface area (Å²) < 4.78 is 14.7. The molecular formula is C22H28FN7O2. The van der Waals surface area contributed by atoms with E-state index in [2.05, 4.69) is 20.6 Å². The fourth-order valence-electron chi connectivity index (χ4n) is 4.19. The molecule has 9 nitrogen and oxygen atoms in total. The number of halogens is 1. The summed E-state index contributed by atoms with van der Waals surface area (Å²) in [6.07, 6.45) is 7.63. The van der Waals surface area contributed by atoms with Crippen LogP contribution in [0.1, 0.15) is 55.3 Å². The first-order valence-electron chi connectivity index (χ1n) is 11.0. The minimum Gasteiger partial charge on any atom is -0.365 e. The van der Waals surface area contributed by atoms with Crippen LogP contribution in [0.4, 0.5) is 27.5 Å². The molecule has 0 spiro atoms. The first kappa shape index (κ1) is 21.9. The molecule has 1 aliphatic heterocycles. The summed E-state index contributed by atoms with van der Waals surface area (Å²) in [5.74, 6) is -0.714. The van der Waals surface area contributed by atoms with Gasteiger partial charge in [0.15, 0.2) is 11.6 Å². The molecule has 2 aromatic rings. The number of nitrogens with one attached hydrogen (secondary N) is 2. The smallest absolute Gasteiger partial charge is 0.252 e. The first-order valence-corrected chi connectivity index (χ1v) is 11.0. The molecule has 2 amide bonds. The quantitative estimate of drug-likeness (QED) is 0.540. The molecule has 1 aliphatic carbocycles. The van der Waals surface area contributed by atoms with E-state index >= 15 is 0 Å². The number of aromatic nitrogens is 2. The zero-order valence-electron chi connectivity index (χ0n) is 17.8. The van der Waals surface area contributed by atoms with E-state index in [1.54, 1.807) is 17.0 Å². The number of hydrogen-bond donors (Lipinski definition) is 4. The summed E-state index contributed by atoms with van der Waals surface area (Å²) >= 11 is 0. The molecule has 2 fully saturated rings. The number of primary amides is 1. The Morgan fingerprint density at radius 3 is 2.66 bits per heavy atom. The number of anilines is 4. The van der Waals surface area contributed by atoms with E-state index in [0.717, 1.165) is 44.6 Å². The Morgan fingerprint density at radius 1 is 1.16 bits per heavy atom. The predicted molar refractivity (Wildman–Crippen MR) is 120 cm³/mol. The van der Waals surface area contributed by atoms with E-state index < -0.39 is 11.7 Å². The van der Waals surface area contributed by atoms with Crippen LogP contribution in [0.25, 0.3) is 0 Å². The molecule has 3 heterocycles. The highest BCUT2D eigenvalue weighted by molar-refractivity contribution is 5.98. The molecule has 0 bridgehead atoms. The number of nitrogens with two attached hydrogens (primary N) is 2. The molecular weight excluding hydrogens is 413 g/mol. The van der Waals surface area contributed by atoms with Crippen LogP contribution in [0.5, 0.6) is 0 Å². The molecule has 0 aromatic carbocycles. The van der Waals surface area contributed by atoms with Gasteiger partial charge >= 0.3 is 0 Å². The molecule has 6 N–H and O–H groups in total. The molecule has 170 valence electrons. The number of amides is 2. The van der Waals surface area contributed by atoms with Crippen molar-refractivity contribution in [2.75, 3.05) is 22.1 Å². The fourth-order valence-corrected chi connectivity index (χ4v) is 4.19. The Balaban J connectivity index is 1.56. The topological polar surface area (TPSA) is 139 Å². The van der Waals surface area contributed by atoms with Gasteiger partial charge in [-0.1, -0.05) is 12.8 Å². The summed E-state index contributed by atoms with van der Waals surface area (Å²) in [5, 5.41) is 6.08. The number of carbonyl (C=O) groups excluding carboxylic acids is 2. The largest absolute Gasteiger partial charge is 0.365 e. The number of piperidine rings is 1. The lowest BCUT2D eigenvalue weighted by molar-refractivity contribution is -0.119. The van der Waals surface area contributed by atoms with Crippen molar-refractivity contribution in [3.8, 4) is 0 Å². The van der Waals surface area contributed by atoms with E-state index in [4.69, 9.17) is 11.5 Å². The van der Waals surface area contributed by atoms with Crippen molar-refractivity contribution in [3.05, 3.63) is 35.8 Å². The zero-order valence-corrected chi connectivity index (χ0v) is 17.8. The van der Waals surface area contributed by atoms with Crippen LogP contribution in [-0.2, 0) is 4.79 Å². The van der Waals surface area contributed by atoms with E-state index in [1.165, 1.54) is 6.20 Å². The second-order valence-electron chi connectivity index (χ2n) is 8.31. The normalized spacial score (nSPS) is 21.3. The Kier molecular flexibility index (Phi) is 6.50. The Bertz CT molecular complexity index is 999. The van der Waals surface area contributed by atoms with Crippen LogP contribution >= 0.6 is 0 Å². The maximum absolute atomic E-state index is 14.7. The molecule has 4 rings (SSSR count). The van der Waals surface area contributed by atoms with E-state index in [0.29, 0.717) is 24.5 Å². The van der Waals surface area contributed by atoms with Gasteiger partial charge in [0.1, 0.15) is 11.6 Å². The average molecular weight is 442 g/mol. The Morgan fingerprint density at radius 2 is 1.97 bits per heavy atom. The summed E-state index contributed by atoms with van der Waals surface area (Å²) in [5.41, 5.74) is 12.1. The number of carbonyl (C=O) groups is 2.